The number of nitrogens with one attached hydrogen (secondary N) is 1. The predicted molar refractivity (Wildman–Crippen MR) is 61.0 cm³/mol. The van der Waals surface area contributed by atoms with Crippen molar-refractivity contribution >= 4 is 10.0 Å². The Morgan fingerprint density at radius 1 is 1.44 bits per heavy atom. The van der Waals surface area contributed by atoms with Crippen LogP contribution in [0.3, 0.4) is 0 Å². The molecule has 0 aliphatic carbocycles. The summed E-state index contributed by atoms with van der Waals surface area (Å²) < 4.78 is 25.6. The van der Waals surface area contributed by atoms with Crippen LogP contribution in [0, 0.1) is 6.92 Å². The van der Waals surface area contributed by atoms with Crippen LogP contribution < -0.4 is 10.5 Å². The van der Waals surface area contributed by atoms with Gasteiger partial charge in [-0.25, -0.2) is 13.1 Å². The maximum absolute atomic E-state index is 11.6. The monoisotopic (exact) mass is 244 g/mol. The van der Waals surface area contributed by atoms with Crippen molar-refractivity contribution in [3.8, 4) is 0 Å². The predicted octanol–water partition coefficient (Wildman–Crippen LogP) is -0.448. The van der Waals surface area contributed by atoms with E-state index in [-0.39, 0.29) is 13.1 Å². The Morgan fingerprint density at radius 2 is 2.12 bits per heavy atom. The van der Waals surface area contributed by atoms with Gasteiger partial charge >= 0.3 is 0 Å². The van der Waals surface area contributed by atoms with Gasteiger partial charge in [-0.3, -0.25) is 9.97 Å². The smallest absolute Gasteiger partial charge is 0.215 e. The summed E-state index contributed by atoms with van der Waals surface area (Å²) >= 11 is 0. The topological polar surface area (TPSA) is 98.0 Å². The van der Waals surface area contributed by atoms with Crippen LogP contribution in [-0.2, 0) is 16.6 Å². The second kappa shape index (κ2) is 5.33. The first kappa shape index (κ1) is 13.0. The Labute approximate surface area is 95.3 Å². The summed E-state index contributed by atoms with van der Waals surface area (Å²) in [5, 5.41) is -0.606. The molecular weight excluding hydrogens is 228 g/mol. The van der Waals surface area contributed by atoms with Crippen molar-refractivity contribution in [2.45, 2.75) is 25.6 Å². The van der Waals surface area contributed by atoms with E-state index >= 15 is 0 Å². The number of sulfonamides is 1. The molecule has 0 bridgehead atoms. The first-order valence-electron chi connectivity index (χ1n) is 4.92. The third-order valence-electron chi connectivity index (χ3n) is 2.15. The van der Waals surface area contributed by atoms with E-state index in [1.54, 1.807) is 19.3 Å². The van der Waals surface area contributed by atoms with E-state index in [2.05, 4.69) is 14.7 Å². The molecule has 1 aromatic heterocycles. The van der Waals surface area contributed by atoms with Crippen molar-refractivity contribution in [2.24, 2.45) is 5.73 Å². The van der Waals surface area contributed by atoms with Crippen LogP contribution >= 0.6 is 0 Å². The van der Waals surface area contributed by atoms with E-state index in [4.69, 9.17) is 5.73 Å². The van der Waals surface area contributed by atoms with E-state index in [1.807, 2.05) is 6.92 Å². The van der Waals surface area contributed by atoms with Gasteiger partial charge in [0.2, 0.25) is 10.0 Å². The van der Waals surface area contributed by atoms with Gasteiger partial charge in [0, 0.05) is 12.7 Å². The van der Waals surface area contributed by atoms with E-state index in [0.29, 0.717) is 5.69 Å². The molecule has 0 fully saturated rings. The molecule has 1 rings (SSSR count). The summed E-state index contributed by atoms with van der Waals surface area (Å²) in [5.41, 5.74) is 6.68. The zero-order valence-corrected chi connectivity index (χ0v) is 10.2. The standard InChI is InChI=1S/C9H16N4O2S/c1-7-4-12-9(5-11-7)6-13-16(14,15)8(2)3-10/h4-5,8,13H,3,6,10H2,1-2H3. The Morgan fingerprint density at radius 3 is 2.62 bits per heavy atom. The maximum Gasteiger partial charge on any atom is 0.215 e. The number of rotatable bonds is 5. The third kappa shape index (κ3) is 3.51. The molecular formula is C9H16N4O2S. The molecule has 0 aliphatic heterocycles. The molecule has 0 radical (unpaired) electrons. The minimum Gasteiger partial charge on any atom is -0.329 e. The molecule has 16 heavy (non-hydrogen) atoms. The zero-order chi connectivity index (χ0) is 12.2. The summed E-state index contributed by atoms with van der Waals surface area (Å²) in [6.07, 6.45) is 3.14. The number of aryl methyl sites for hydroxylation is 1. The van der Waals surface area contributed by atoms with Gasteiger partial charge < -0.3 is 5.73 Å². The highest BCUT2D eigenvalue weighted by molar-refractivity contribution is 7.90. The Kier molecular flexibility index (Phi) is 4.34. The van der Waals surface area contributed by atoms with E-state index < -0.39 is 15.3 Å². The molecule has 6 nitrogen and oxygen atoms in total. The van der Waals surface area contributed by atoms with Crippen molar-refractivity contribution in [1.29, 1.82) is 0 Å². The minimum atomic E-state index is -3.36. The van der Waals surface area contributed by atoms with Crippen LogP contribution in [0.2, 0.25) is 0 Å². The van der Waals surface area contributed by atoms with Crippen molar-refractivity contribution in [2.75, 3.05) is 6.54 Å². The van der Waals surface area contributed by atoms with Crippen LogP contribution in [0.4, 0.5) is 0 Å². The molecule has 1 unspecified atom stereocenters. The van der Waals surface area contributed by atoms with Gasteiger partial charge in [-0.2, -0.15) is 0 Å². The average Bonchev–Trinajstić information content (AvgIpc) is 2.27. The number of hydrogen-bond acceptors (Lipinski definition) is 5. The van der Waals surface area contributed by atoms with Crippen LogP contribution in [0.5, 0.6) is 0 Å². The second-order valence-electron chi connectivity index (χ2n) is 3.56. The lowest BCUT2D eigenvalue weighted by atomic mass is 10.4. The van der Waals surface area contributed by atoms with Crippen LogP contribution in [0.15, 0.2) is 12.4 Å². The first-order valence-corrected chi connectivity index (χ1v) is 6.46. The van der Waals surface area contributed by atoms with Crippen molar-refractivity contribution in [1.82, 2.24) is 14.7 Å². The molecule has 0 saturated carbocycles. The fraction of sp³-hybridized carbons (Fsp3) is 0.556. The van der Waals surface area contributed by atoms with Crippen molar-refractivity contribution < 1.29 is 8.42 Å². The maximum atomic E-state index is 11.6. The molecule has 0 saturated heterocycles. The molecule has 1 aromatic rings. The summed E-state index contributed by atoms with van der Waals surface area (Å²) in [5.74, 6) is 0. The van der Waals surface area contributed by atoms with Crippen molar-refractivity contribution in [3.63, 3.8) is 0 Å². The summed E-state index contributed by atoms with van der Waals surface area (Å²) in [6, 6.07) is 0. The van der Waals surface area contributed by atoms with Gasteiger partial charge in [-0.15, -0.1) is 0 Å². The zero-order valence-electron chi connectivity index (χ0n) is 9.34. The molecule has 7 heteroatoms. The first-order chi connectivity index (χ1) is 7.45. The average molecular weight is 244 g/mol. The highest BCUT2D eigenvalue weighted by atomic mass is 32.2. The normalized spacial score (nSPS) is 13.7. The molecule has 0 amide bonds. The van der Waals surface area contributed by atoms with Crippen LogP contribution in [0.25, 0.3) is 0 Å². The molecule has 90 valence electrons. The lowest BCUT2D eigenvalue weighted by molar-refractivity contribution is 0.567. The quantitative estimate of drug-likeness (QED) is 0.731. The molecule has 3 N–H and O–H groups in total. The van der Waals surface area contributed by atoms with Gasteiger partial charge in [0.25, 0.3) is 0 Å². The SMILES string of the molecule is Cc1cnc(CNS(=O)(=O)C(C)CN)cn1. The lowest BCUT2D eigenvalue weighted by Gasteiger charge is -2.11. The summed E-state index contributed by atoms with van der Waals surface area (Å²) in [7, 11) is -3.36. The summed E-state index contributed by atoms with van der Waals surface area (Å²) in [4.78, 5) is 8.07. The number of nitrogens with two attached hydrogens (primary N) is 1. The van der Waals surface area contributed by atoms with Crippen molar-refractivity contribution in [3.05, 3.63) is 23.8 Å². The number of aromatic nitrogens is 2. The van der Waals surface area contributed by atoms with Crippen LogP contribution in [-0.4, -0.2) is 30.2 Å². The molecule has 1 heterocycles. The molecule has 0 aromatic carbocycles. The Balaban J connectivity index is 2.61. The largest absolute Gasteiger partial charge is 0.329 e. The highest BCUT2D eigenvalue weighted by Crippen LogP contribution is 1.99. The number of nitrogens with zero attached hydrogens (tertiary/aromatic N) is 2. The fourth-order valence-electron chi connectivity index (χ4n) is 0.954. The second-order valence-corrected chi connectivity index (χ2v) is 5.74. The third-order valence-corrected chi connectivity index (χ3v) is 3.95. The molecule has 0 spiro atoms. The van der Waals surface area contributed by atoms with E-state index in [1.165, 1.54) is 0 Å². The molecule has 0 aliphatic rings. The van der Waals surface area contributed by atoms with Crippen LogP contribution in [0.1, 0.15) is 18.3 Å². The summed E-state index contributed by atoms with van der Waals surface area (Å²) in [6.45, 7) is 3.61. The van der Waals surface area contributed by atoms with E-state index in [0.717, 1.165) is 5.69 Å². The van der Waals surface area contributed by atoms with Gasteiger partial charge in [0.1, 0.15) is 0 Å². The van der Waals surface area contributed by atoms with Gasteiger partial charge in [0.05, 0.1) is 29.4 Å². The Hall–Kier alpha value is -1.05. The van der Waals surface area contributed by atoms with Gasteiger partial charge in [-0.05, 0) is 13.8 Å². The fourth-order valence-corrected chi connectivity index (χ4v) is 1.84. The molecule has 1 atom stereocenters. The van der Waals surface area contributed by atoms with Gasteiger partial charge in [0.15, 0.2) is 0 Å². The van der Waals surface area contributed by atoms with Gasteiger partial charge in [-0.1, -0.05) is 0 Å². The highest BCUT2D eigenvalue weighted by Gasteiger charge is 2.18. The van der Waals surface area contributed by atoms with E-state index in [9.17, 15) is 8.42 Å². The lowest BCUT2D eigenvalue weighted by Crippen LogP contribution is -2.36. The number of hydrogen-bond donors (Lipinski definition) is 2. The Bertz CT molecular complexity index is 429. The minimum absolute atomic E-state index is 0.0922.